The van der Waals surface area contributed by atoms with E-state index < -0.39 is 18.0 Å². The summed E-state index contributed by atoms with van der Waals surface area (Å²) < 4.78 is 5.84. The van der Waals surface area contributed by atoms with E-state index in [1.165, 1.54) is 6.92 Å². The Kier molecular flexibility index (Phi) is 7.33. The van der Waals surface area contributed by atoms with E-state index in [0.29, 0.717) is 43.3 Å². The number of carboxylic acid groups (broad SMARTS) is 1. The number of carboxylic acids is 1. The number of fused-ring (bicyclic) bond motifs is 5. The molecule has 4 aliphatic rings. The molecule has 37 heavy (non-hydrogen) atoms. The van der Waals surface area contributed by atoms with Crippen molar-refractivity contribution in [3.05, 3.63) is 22.8 Å². The molecule has 206 valence electrons. The van der Waals surface area contributed by atoms with Gasteiger partial charge in [-0.2, -0.15) is 0 Å². The molecular formula is C31H46O6. The van der Waals surface area contributed by atoms with Crippen LogP contribution in [0.4, 0.5) is 0 Å². The van der Waals surface area contributed by atoms with Gasteiger partial charge in [0.1, 0.15) is 11.9 Å². The van der Waals surface area contributed by atoms with Gasteiger partial charge in [-0.15, -0.1) is 0 Å². The first kappa shape index (κ1) is 28.1. The van der Waals surface area contributed by atoms with E-state index in [-0.39, 0.29) is 51.8 Å². The minimum atomic E-state index is -0.982. The van der Waals surface area contributed by atoms with Crippen molar-refractivity contribution in [3.8, 4) is 0 Å². The molecule has 4 saturated carbocycles. The van der Waals surface area contributed by atoms with Gasteiger partial charge in [0.25, 0.3) is 0 Å². The number of allylic oxidation sites excluding steroid dienone is 2. The van der Waals surface area contributed by atoms with Crippen LogP contribution in [-0.2, 0) is 19.1 Å². The molecule has 0 unspecified atom stereocenters. The summed E-state index contributed by atoms with van der Waals surface area (Å²) in [5.74, 6) is -1.14. The number of Topliss-reactive ketones (excluding diaryl/α,β-unsaturated/α-hetero) is 1. The normalized spacial score (nSPS) is 44.3. The van der Waals surface area contributed by atoms with Crippen LogP contribution in [0, 0.1) is 39.9 Å². The number of esters is 1. The second-order valence-corrected chi connectivity index (χ2v) is 13.5. The Morgan fingerprint density at radius 1 is 1.08 bits per heavy atom. The quantitative estimate of drug-likeness (QED) is 0.270. The summed E-state index contributed by atoms with van der Waals surface area (Å²) in [5, 5.41) is 20.9. The van der Waals surface area contributed by atoms with Crippen molar-refractivity contribution in [3.63, 3.8) is 0 Å². The maximum Gasteiger partial charge on any atom is 0.331 e. The van der Waals surface area contributed by atoms with Crippen LogP contribution in [0.1, 0.15) is 99.8 Å². The first-order valence-electron chi connectivity index (χ1n) is 14.1. The van der Waals surface area contributed by atoms with Crippen molar-refractivity contribution < 1.29 is 29.3 Å². The van der Waals surface area contributed by atoms with Gasteiger partial charge in [-0.1, -0.05) is 39.3 Å². The van der Waals surface area contributed by atoms with Gasteiger partial charge in [0.2, 0.25) is 0 Å². The molecule has 0 amide bonds. The van der Waals surface area contributed by atoms with Crippen molar-refractivity contribution in [2.24, 2.45) is 39.9 Å². The van der Waals surface area contributed by atoms with E-state index >= 15 is 0 Å². The van der Waals surface area contributed by atoms with Gasteiger partial charge in [-0.25, -0.2) is 4.79 Å². The van der Waals surface area contributed by atoms with Crippen LogP contribution in [0.25, 0.3) is 0 Å². The Morgan fingerprint density at radius 2 is 1.76 bits per heavy atom. The van der Waals surface area contributed by atoms with Crippen molar-refractivity contribution in [2.45, 2.75) is 112 Å². The molecule has 0 radical (unpaired) electrons. The lowest BCUT2D eigenvalue weighted by molar-refractivity contribution is -0.198. The maximum absolute atomic E-state index is 14.2. The zero-order chi connectivity index (χ0) is 27.5. The van der Waals surface area contributed by atoms with E-state index in [4.69, 9.17) is 4.74 Å². The summed E-state index contributed by atoms with van der Waals surface area (Å²) in [4.78, 5) is 39.0. The summed E-state index contributed by atoms with van der Waals surface area (Å²) in [6.07, 6.45) is 6.22. The van der Waals surface area contributed by atoms with Gasteiger partial charge in [-0.3, -0.25) is 9.59 Å². The molecule has 0 aromatic rings. The molecule has 0 aromatic carbocycles. The number of aliphatic carboxylic acids is 1. The lowest BCUT2D eigenvalue weighted by atomic mass is 9.37. The SMILES string of the molecule is CC(=O)O[C@H]1C[C@@]2(C)[C@H](CC(=O)[C@H]3[C@@]4(C)CC[C@@H](O)[C@@H](C)[C@@H]4CC[C@@]32C)C1=C(CCC=C(C)C)C(=O)O. The first-order chi connectivity index (χ1) is 17.2. The van der Waals surface area contributed by atoms with Crippen LogP contribution in [0.5, 0.6) is 0 Å². The topological polar surface area (TPSA) is 101 Å². The van der Waals surface area contributed by atoms with Crippen molar-refractivity contribution in [1.29, 1.82) is 0 Å². The van der Waals surface area contributed by atoms with E-state index in [0.717, 1.165) is 24.8 Å². The van der Waals surface area contributed by atoms with Crippen molar-refractivity contribution in [2.75, 3.05) is 0 Å². The fourth-order valence-corrected chi connectivity index (χ4v) is 9.47. The van der Waals surface area contributed by atoms with E-state index in [9.17, 15) is 24.6 Å². The number of ketones is 1. The molecule has 4 aliphatic carbocycles. The van der Waals surface area contributed by atoms with Crippen LogP contribution < -0.4 is 0 Å². The number of aliphatic hydroxyl groups excluding tert-OH is 1. The van der Waals surface area contributed by atoms with Gasteiger partial charge in [0.05, 0.1) is 6.10 Å². The van der Waals surface area contributed by atoms with Gasteiger partial charge in [0.15, 0.2) is 0 Å². The number of aliphatic hydroxyl groups is 1. The van der Waals surface area contributed by atoms with E-state index in [2.05, 4.69) is 27.7 Å². The van der Waals surface area contributed by atoms with Crippen molar-refractivity contribution >= 4 is 17.7 Å². The highest BCUT2D eigenvalue weighted by Gasteiger charge is 2.71. The molecule has 4 fully saturated rings. The fraction of sp³-hybridized carbons (Fsp3) is 0.774. The number of ether oxygens (including phenoxy) is 1. The number of carbonyl (C=O) groups is 3. The zero-order valence-electron chi connectivity index (χ0n) is 23.7. The van der Waals surface area contributed by atoms with Crippen molar-refractivity contribution in [1.82, 2.24) is 0 Å². The van der Waals surface area contributed by atoms with Gasteiger partial charge < -0.3 is 14.9 Å². The first-order valence-corrected chi connectivity index (χ1v) is 14.1. The minimum absolute atomic E-state index is 0.147. The Balaban J connectivity index is 1.83. The van der Waals surface area contributed by atoms with E-state index in [1.807, 2.05) is 19.9 Å². The lowest BCUT2D eigenvalue weighted by Crippen LogP contribution is -2.64. The third kappa shape index (κ3) is 4.31. The van der Waals surface area contributed by atoms with E-state index in [1.54, 1.807) is 0 Å². The Labute approximate surface area is 221 Å². The second kappa shape index (κ2) is 9.66. The molecule has 9 atom stereocenters. The van der Waals surface area contributed by atoms with Gasteiger partial charge in [0, 0.05) is 24.8 Å². The molecule has 6 heteroatoms. The molecule has 0 spiro atoms. The molecular weight excluding hydrogens is 468 g/mol. The second-order valence-electron chi connectivity index (χ2n) is 13.5. The molecule has 0 heterocycles. The average molecular weight is 515 g/mol. The average Bonchev–Trinajstić information content (AvgIpc) is 3.05. The lowest BCUT2D eigenvalue weighted by Gasteiger charge is -2.66. The summed E-state index contributed by atoms with van der Waals surface area (Å²) in [6.45, 7) is 14.2. The molecule has 4 rings (SSSR count). The Hall–Kier alpha value is -1.95. The molecule has 6 nitrogen and oxygen atoms in total. The zero-order valence-corrected chi connectivity index (χ0v) is 23.7. The Morgan fingerprint density at radius 3 is 2.35 bits per heavy atom. The highest BCUT2D eigenvalue weighted by Crippen LogP contribution is 2.73. The number of carbonyl (C=O) groups excluding carboxylic acids is 2. The molecule has 0 bridgehead atoms. The Bertz CT molecular complexity index is 1040. The molecule has 2 N–H and O–H groups in total. The minimum Gasteiger partial charge on any atom is -0.478 e. The highest BCUT2D eigenvalue weighted by molar-refractivity contribution is 5.90. The van der Waals surface area contributed by atoms with Crippen LogP contribution in [0.3, 0.4) is 0 Å². The number of hydrogen-bond donors (Lipinski definition) is 2. The van der Waals surface area contributed by atoms with Crippen LogP contribution in [-0.4, -0.2) is 40.1 Å². The molecule has 0 saturated heterocycles. The predicted molar refractivity (Wildman–Crippen MR) is 142 cm³/mol. The third-order valence-corrected chi connectivity index (χ3v) is 11.3. The maximum atomic E-state index is 14.2. The monoisotopic (exact) mass is 514 g/mol. The van der Waals surface area contributed by atoms with Crippen LogP contribution in [0.2, 0.25) is 0 Å². The number of rotatable bonds is 5. The molecule has 0 aromatic heterocycles. The number of hydrogen-bond acceptors (Lipinski definition) is 5. The molecule has 0 aliphatic heterocycles. The summed E-state index contributed by atoms with van der Waals surface area (Å²) in [6, 6.07) is 0. The third-order valence-electron chi connectivity index (χ3n) is 11.3. The standard InChI is InChI=1S/C31H46O6/c1-17(2)9-8-10-20(28(35)36)26-22-15-24(34)27-29(5)13-12-23(33)18(3)21(29)11-14-30(27,6)31(22,7)16-25(26)37-19(4)32/h9,18,21-23,25,27,33H,8,10-16H2,1-7H3,(H,35,36)/t18-,21-,22+,23+,25-,27-,29-,30-,31-/m0/s1. The summed E-state index contributed by atoms with van der Waals surface area (Å²) in [5.41, 5.74) is 1.19. The summed E-state index contributed by atoms with van der Waals surface area (Å²) in [7, 11) is 0. The van der Waals surface area contributed by atoms with Gasteiger partial charge >= 0.3 is 11.9 Å². The largest absolute Gasteiger partial charge is 0.478 e. The smallest absolute Gasteiger partial charge is 0.331 e. The predicted octanol–water partition coefficient (Wildman–Crippen LogP) is 5.87. The van der Waals surface area contributed by atoms with Crippen LogP contribution in [0.15, 0.2) is 22.8 Å². The fourth-order valence-electron chi connectivity index (χ4n) is 9.47. The van der Waals surface area contributed by atoms with Gasteiger partial charge in [-0.05, 0) is 98.4 Å². The summed E-state index contributed by atoms with van der Waals surface area (Å²) >= 11 is 0. The highest BCUT2D eigenvalue weighted by atomic mass is 16.5. The van der Waals surface area contributed by atoms with Crippen LogP contribution >= 0.6 is 0 Å².